The van der Waals surface area contributed by atoms with Gasteiger partial charge in [-0.2, -0.15) is 0 Å². The first-order valence-electron chi connectivity index (χ1n) is 6.46. The highest BCUT2D eigenvalue weighted by Gasteiger charge is 2.35. The Morgan fingerprint density at radius 1 is 1.28 bits per heavy atom. The minimum absolute atomic E-state index is 0.227. The molecule has 0 spiro atoms. The van der Waals surface area contributed by atoms with Gasteiger partial charge < -0.3 is 5.32 Å². The highest BCUT2D eigenvalue weighted by atomic mass is 32.2. The van der Waals surface area contributed by atoms with Crippen LogP contribution in [0.15, 0.2) is 30.3 Å². The first-order valence-corrected chi connectivity index (χ1v) is 8.28. The minimum Gasteiger partial charge on any atom is -0.316 e. The summed E-state index contributed by atoms with van der Waals surface area (Å²) in [5, 5.41) is 3.32. The Bertz CT molecular complexity index is 484. The van der Waals surface area contributed by atoms with Crippen molar-refractivity contribution in [2.24, 2.45) is 5.92 Å². The molecule has 2 rings (SSSR count). The summed E-state index contributed by atoms with van der Waals surface area (Å²) in [4.78, 5) is 0. The number of sulfone groups is 1. The fourth-order valence-electron chi connectivity index (χ4n) is 2.96. The van der Waals surface area contributed by atoms with E-state index >= 15 is 0 Å². The molecule has 1 aliphatic heterocycles. The molecule has 1 aliphatic rings. The van der Waals surface area contributed by atoms with E-state index in [1.54, 1.807) is 0 Å². The quantitative estimate of drug-likeness (QED) is 0.905. The monoisotopic (exact) mass is 267 g/mol. The molecule has 3 atom stereocenters. The molecule has 3 unspecified atom stereocenters. The maximum atomic E-state index is 11.6. The molecule has 1 heterocycles. The van der Waals surface area contributed by atoms with Gasteiger partial charge in [0.2, 0.25) is 0 Å². The van der Waals surface area contributed by atoms with Crippen LogP contribution in [-0.2, 0) is 9.84 Å². The van der Waals surface area contributed by atoms with E-state index in [4.69, 9.17) is 0 Å². The molecule has 1 saturated heterocycles. The summed E-state index contributed by atoms with van der Waals surface area (Å²) in [6.45, 7) is 2.17. The van der Waals surface area contributed by atoms with Gasteiger partial charge >= 0.3 is 0 Å². The maximum Gasteiger partial charge on any atom is 0.150 e. The zero-order valence-corrected chi connectivity index (χ0v) is 11.8. The van der Waals surface area contributed by atoms with Crippen molar-refractivity contribution in [1.82, 2.24) is 5.32 Å². The first kappa shape index (κ1) is 13.6. The van der Waals surface area contributed by atoms with Crippen LogP contribution in [0.1, 0.15) is 24.8 Å². The lowest BCUT2D eigenvalue weighted by molar-refractivity contribution is 0.359. The molecule has 1 fully saturated rings. The van der Waals surface area contributed by atoms with Gasteiger partial charge in [0.05, 0.1) is 11.5 Å². The van der Waals surface area contributed by atoms with Gasteiger partial charge in [-0.15, -0.1) is 0 Å². The third-order valence-corrected chi connectivity index (χ3v) is 5.77. The molecule has 18 heavy (non-hydrogen) atoms. The second-order valence-electron chi connectivity index (χ2n) is 5.18. The fraction of sp³-hybridized carbons (Fsp3) is 0.571. The van der Waals surface area contributed by atoms with Crippen LogP contribution in [0.5, 0.6) is 0 Å². The number of likely N-dealkylation sites (N-methyl/N-ethyl adjacent to an activating group) is 1. The molecule has 3 nitrogen and oxygen atoms in total. The van der Waals surface area contributed by atoms with Crippen molar-refractivity contribution < 1.29 is 8.42 Å². The molecule has 4 heteroatoms. The van der Waals surface area contributed by atoms with Crippen molar-refractivity contribution in [3.63, 3.8) is 0 Å². The van der Waals surface area contributed by atoms with Crippen LogP contribution in [0.25, 0.3) is 0 Å². The molecular weight excluding hydrogens is 246 g/mol. The van der Waals surface area contributed by atoms with E-state index in [2.05, 4.69) is 24.4 Å². The lowest BCUT2D eigenvalue weighted by Crippen LogP contribution is -2.38. The summed E-state index contributed by atoms with van der Waals surface area (Å²) in [5.74, 6) is 1.23. The van der Waals surface area contributed by atoms with Crippen LogP contribution < -0.4 is 5.32 Å². The van der Waals surface area contributed by atoms with Crippen LogP contribution >= 0.6 is 0 Å². The van der Waals surface area contributed by atoms with Gasteiger partial charge in [0.15, 0.2) is 9.84 Å². The Kier molecular flexibility index (Phi) is 4.07. The van der Waals surface area contributed by atoms with Crippen molar-refractivity contribution in [2.75, 3.05) is 18.6 Å². The molecule has 0 amide bonds. The minimum atomic E-state index is -2.81. The summed E-state index contributed by atoms with van der Waals surface area (Å²) in [5.41, 5.74) is 1.26. The summed E-state index contributed by atoms with van der Waals surface area (Å²) < 4.78 is 23.2. The summed E-state index contributed by atoms with van der Waals surface area (Å²) >= 11 is 0. The van der Waals surface area contributed by atoms with Crippen LogP contribution in [0.3, 0.4) is 0 Å². The molecule has 100 valence electrons. The molecule has 1 aromatic carbocycles. The molecule has 0 aromatic heterocycles. The van der Waals surface area contributed by atoms with Crippen molar-refractivity contribution in [3.8, 4) is 0 Å². The van der Waals surface area contributed by atoms with Gasteiger partial charge in [0, 0.05) is 6.04 Å². The largest absolute Gasteiger partial charge is 0.316 e. The molecule has 0 aliphatic carbocycles. The van der Waals surface area contributed by atoms with Gasteiger partial charge in [-0.1, -0.05) is 37.3 Å². The highest BCUT2D eigenvalue weighted by molar-refractivity contribution is 7.91. The Morgan fingerprint density at radius 3 is 2.44 bits per heavy atom. The van der Waals surface area contributed by atoms with Crippen molar-refractivity contribution in [1.29, 1.82) is 0 Å². The maximum absolute atomic E-state index is 11.6. The second-order valence-corrected chi connectivity index (χ2v) is 7.41. The normalized spacial score (nSPS) is 25.8. The molecule has 0 saturated carbocycles. The molecular formula is C14H21NO2S. The Hall–Kier alpha value is -0.870. The predicted molar refractivity (Wildman–Crippen MR) is 74.5 cm³/mol. The van der Waals surface area contributed by atoms with Gasteiger partial charge in [-0.3, -0.25) is 0 Å². The van der Waals surface area contributed by atoms with Gasteiger partial charge in [-0.05, 0) is 30.9 Å². The van der Waals surface area contributed by atoms with Crippen LogP contribution in [-0.4, -0.2) is 33.0 Å². The average molecular weight is 267 g/mol. The van der Waals surface area contributed by atoms with Crippen LogP contribution in [0.4, 0.5) is 0 Å². The number of nitrogens with one attached hydrogen (secondary N) is 1. The SMILES string of the molecule is CNC(C1CCS(=O)(=O)C1)C(C)c1ccccc1. The number of hydrogen-bond donors (Lipinski definition) is 1. The van der Waals surface area contributed by atoms with Gasteiger partial charge in [-0.25, -0.2) is 8.42 Å². The topological polar surface area (TPSA) is 46.2 Å². The lowest BCUT2D eigenvalue weighted by atomic mass is 9.84. The third kappa shape index (κ3) is 2.93. The Labute approximate surface area is 110 Å². The number of rotatable bonds is 4. The summed E-state index contributed by atoms with van der Waals surface area (Å²) in [6.07, 6.45) is 0.783. The fourth-order valence-corrected chi connectivity index (χ4v) is 4.82. The molecule has 1 N–H and O–H groups in total. The highest BCUT2D eigenvalue weighted by Crippen LogP contribution is 2.30. The second kappa shape index (κ2) is 5.41. The van der Waals surface area contributed by atoms with E-state index in [1.807, 2.05) is 25.2 Å². The molecule has 0 bridgehead atoms. The molecule has 0 radical (unpaired) electrons. The van der Waals surface area contributed by atoms with E-state index in [-0.39, 0.29) is 12.0 Å². The third-order valence-electron chi connectivity index (χ3n) is 3.97. The van der Waals surface area contributed by atoms with Crippen molar-refractivity contribution in [2.45, 2.75) is 25.3 Å². The van der Waals surface area contributed by atoms with E-state index < -0.39 is 9.84 Å². The van der Waals surface area contributed by atoms with Crippen LogP contribution in [0.2, 0.25) is 0 Å². The standard InChI is InChI=1S/C14H21NO2S/c1-11(12-6-4-3-5-7-12)14(15-2)13-8-9-18(16,17)10-13/h3-7,11,13-15H,8-10H2,1-2H3. The van der Waals surface area contributed by atoms with E-state index in [1.165, 1.54) is 5.56 Å². The number of hydrogen-bond acceptors (Lipinski definition) is 3. The van der Waals surface area contributed by atoms with E-state index in [9.17, 15) is 8.42 Å². The zero-order chi connectivity index (χ0) is 13.2. The summed E-state index contributed by atoms with van der Waals surface area (Å²) in [6, 6.07) is 10.5. The van der Waals surface area contributed by atoms with E-state index in [0.29, 0.717) is 17.4 Å². The summed E-state index contributed by atoms with van der Waals surface area (Å²) in [7, 11) is -0.881. The smallest absolute Gasteiger partial charge is 0.150 e. The zero-order valence-electron chi connectivity index (χ0n) is 11.0. The Balaban J connectivity index is 2.14. The first-order chi connectivity index (χ1) is 8.53. The van der Waals surface area contributed by atoms with E-state index in [0.717, 1.165) is 6.42 Å². The predicted octanol–water partition coefficient (Wildman–Crippen LogP) is 1.81. The van der Waals surface area contributed by atoms with Crippen LogP contribution in [0, 0.1) is 5.92 Å². The van der Waals surface area contributed by atoms with Crippen molar-refractivity contribution in [3.05, 3.63) is 35.9 Å². The number of benzene rings is 1. The Morgan fingerprint density at radius 2 is 1.94 bits per heavy atom. The van der Waals surface area contributed by atoms with Gasteiger partial charge in [0.25, 0.3) is 0 Å². The van der Waals surface area contributed by atoms with Crippen molar-refractivity contribution >= 4 is 9.84 Å². The lowest BCUT2D eigenvalue weighted by Gasteiger charge is -2.28. The average Bonchev–Trinajstić information content (AvgIpc) is 2.71. The van der Waals surface area contributed by atoms with Gasteiger partial charge in [0.1, 0.15) is 0 Å². The molecule has 1 aromatic rings.